The maximum Gasteiger partial charge on any atom is 0.407 e. The molecule has 0 fully saturated rings. The number of likely N-dealkylation sites (N-methyl/N-ethyl adjacent to an activating group) is 1. The van der Waals surface area contributed by atoms with Crippen LogP contribution in [0.3, 0.4) is 0 Å². The number of halogens is 2. The Hall–Kier alpha value is -6.57. The Morgan fingerprint density at radius 1 is 0.931 bits per heavy atom. The van der Waals surface area contributed by atoms with Gasteiger partial charge in [0, 0.05) is 49.7 Å². The smallest absolute Gasteiger partial charge is 0.407 e. The predicted octanol–water partition coefficient (Wildman–Crippen LogP) is 3.52. The molecule has 2 heterocycles. The largest absolute Gasteiger partial charge is 0.494 e. The molecular formula is C47H65F2N9O13S. The molecule has 0 saturated carbocycles. The number of aromatic nitrogens is 2. The Morgan fingerprint density at radius 2 is 1.60 bits per heavy atom. The molecule has 6 amide bonds. The van der Waals surface area contributed by atoms with E-state index in [9.17, 15) is 37.4 Å². The van der Waals surface area contributed by atoms with E-state index in [2.05, 4.69) is 35.6 Å². The molecule has 0 aliphatic carbocycles. The zero-order valence-corrected chi connectivity index (χ0v) is 42.3. The number of hydrogen-bond donors (Lipinski definition) is 5. The van der Waals surface area contributed by atoms with Crippen molar-refractivity contribution in [3.05, 3.63) is 59.8 Å². The number of benzene rings is 2. The number of nitrogens with two attached hydrogens (primary N) is 1. The van der Waals surface area contributed by atoms with Gasteiger partial charge in [-0.2, -0.15) is 4.36 Å². The molecule has 22 nitrogen and oxygen atoms in total. The minimum atomic E-state index is -3.45. The van der Waals surface area contributed by atoms with E-state index in [1.807, 2.05) is 0 Å². The summed E-state index contributed by atoms with van der Waals surface area (Å²) < 4.78 is 80.3. The fourth-order valence-corrected chi connectivity index (χ4v) is 7.97. The zero-order chi connectivity index (χ0) is 53.0. The van der Waals surface area contributed by atoms with Crippen LogP contribution in [0.25, 0.3) is 11.3 Å². The first-order valence-corrected chi connectivity index (χ1v) is 25.2. The van der Waals surface area contributed by atoms with Crippen molar-refractivity contribution in [3.8, 4) is 22.8 Å². The number of hydrogen-bond acceptors (Lipinski definition) is 16. The van der Waals surface area contributed by atoms with E-state index in [-0.39, 0.29) is 87.9 Å². The summed E-state index contributed by atoms with van der Waals surface area (Å²) in [6.45, 7) is 10.1. The topological polar surface area (TPSA) is 290 Å². The molecule has 0 radical (unpaired) electrons. The molecule has 1 aromatic heterocycles. The highest BCUT2D eigenvalue weighted by atomic mass is 32.2. The first-order chi connectivity index (χ1) is 34.0. The van der Waals surface area contributed by atoms with Crippen LogP contribution in [0, 0.1) is 11.6 Å². The number of nitrogens with one attached hydrogen (secondary N) is 4. The second kappa shape index (κ2) is 27.9. The maximum atomic E-state index is 15.1. The summed E-state index contributed by atoms with van der Waals surface area (Å²) in [5, 5.41) is 10.5. The van der Waals surface area contributed by atoms with Gasteiger partial charge in [-0.05, 0) is 77.3 Å². The molecule has 2 aromatic carbocycles. The Labute approximate surface area is 417 Å². The van der Waals surface area contributed by atoms with E-state index in [0.717, 1.165) is 23.2 Å². The van der Waals surface area contributed by atoms with Crippen molar-refractivity contribution >= 4 is 57.0 Å². The number of anilines is 2. The molecule has 1 aliphatic heterocycles. The Balaban J connectivity index is 1.29. The number of carbonyl (C=O) groups is 6. The SMILES string of the molecule is C[C@H](NC(=O)CCOCCOCCOCCNC(=O)OC(C)(C)C)C(=O)N(C)[C@@H](C)C(=O)N[C@@H](CC(N)=O)C(=O)N=[S@@](C)(=O)Cc1cc2cc(c1)OCCCCOc1cc(F)ccc1-c1nc(ncc1F)N2. The molecule has 0 spiro atoms. The molecule has 0 saturated heterocycles. The molecule has 25 heteroatoms. The third-order valence-electron chi connectivity index (χ3n) is 10.2. The lowest BCUT2D eigenvalue weighted by atomic mass is 10.1. The van der Waals surface area contributed by atoms with Crippen LogP contribution in [-0.2, 0) is 58.4 Å². The van der Waals surface area contributed by atoms with E-state index >= 15 is 4.39 Å². The summed E-state index contributed by atoms with van der Waals surface area (Å²) >= 11 is 0. The number of rotatable bonds is 22. The second-order valence-corrected chi connectivity index (χ2v) is 20.0. The molecule has 6 N–H and O–H groups in total. The number of carbonyl (C=O) groups excluding carboxylic acids is 6. The predicted molar refractivity (Wildman–Crippen MR) is 259 cm³/mol. The molecule has 0 unspecified atom stereocenters. The number of primary amides is 1. The monoisotopic (exact) mass is 1030 g/mol. The van der Waals surface area contributed by atoms with Gasteiger partial charge in [-0.25, -0.2) is 27.8 Å². The van der Waals surface area contributed by atoms with E-state index in [4.69, 9.17) is 34.2 Å². The van der Waals surface area contributed by atoms with E-state index < -0.39 is 87.1 Å². The van der Waals surface area contributed by atoms with Gasteiger partial charge in [-0.15, -0.1) is 0 Å². The Morgan fingerprint density at radius 3 is 2.28 bits per heavy atom. The lowest BCUT2D eigenvalue weighted by Gasteiger charge is -2.28. The minimum Gasteiger partial charge on any atom is -0.494 e. The summed E-state index contributed by atoms with van der Waals surface area (Å²) in [5.41, 5.74) is 5.60. The quantitative estimate of drug-likeness (QED) is 0.0900. The van der Waals surface area contributed by atoms with Crippen LogP contribution in [-0.4, -0.2) is 151 Å². The third-order valence-corrected chi connectivity index (χ3v) is 11.6. The van der Waals surface area contributed by atoms with E-state index in [1.165, 1.54) is 33.2 Å². The van der Waals surface area contributed by atoms with E-state index in [1.54, 1.807) is 39.0 Å². The van der Waals surface area contributed by atoms with Gasteiger partial charge in [0.25, 0.3) is 5.91 Å². The molecule has 396 valence electrons. The zero-order valence-electron chi connectivity index (χ0n) is 41.5. The first-order valence-electron chi connectivity index (χ1n) is 23.1. The molecule has 1 aliphatic rings. The van der Waals surface area contributed by atoms with Crippen molar-refractivity contribution in [3.63, 3.8) is 0 Å². The maximum absolute atomic E-state index is 15.1. The Bertz CT molecular complexity index is 2510. The summed E-state index contributed by atoms with van der Waals surface area (Å²) in [6, 6.07) is 4.47. The van der Waals surface area contributed by atoms with E-state index in [0.29, 0.717) is 36.4 Å². The van der Waals surface area contributed by atoms with Crippen molar-refractivity contribution < 1.29 is 70.2 Å². The molecule has 3 aromatic rings. The summed E-state index contributed by atoms with van der Waals surface area (Å²) in [5.74, 6) is -5.42. The summed E-state index contributed by atoms with van der Waals surface area (Å²) in [7, 11) is -2.14. The van der Waals surface area contributed by atoms with Crippen LogP contribution >= 0.6 is 0 Å². The molecular weight excluding hydrogens is 969 g/mol. The molecule has 4 atom stereocenters. The Kier molecular flexibility index (Phi) is 22.5. The number of alkyl carbamates (subject to hydrolysis) is 1. The van der Waals surface area contributed by atoms with Crippen molar-refractivity contribution in [2.75, 3.05) is 78.0 Å². The fourth-order valence-electron chi connectivity index (χ4n) is 6.62. The van der Waals surface area contributed by atoms with Gasteiger partial charge >= 0.3 is 6.09 Å². The lowest BCUT2D eigenvalue weighted by molar-refractivity contribution is -0.141. The van der Waals surface area contributed by atoms with Crippen LogP contribution in [0.5, 0.6) is 11.5 Å². The van der Waals surface area contributed by atoms with Crippen LogP contribution in [0.2, 0.25) is 0 Å². The van der Waals surface area contributed by atoms with Gasteiger partial charge in [-0.1, -0.05) is 0 Å². The number of fused-ring (bicyclic) bond motifs is 6. The third kappa shape index (κ3) is 20.3. The second-order valence-electron chi connectivity index (χ2n) is 17.6. The van der Waals surface area contributed by atoms with Gasteiger partial charge in [0.05, 0.1) is 81.0 Å². The summed E-state index contributed by atoms with van der Waals surface area (Å²) in [4.78, 5) is 85.9. The highest BCUT2D eigenvalue weighted by molar-refractivity contribution is 7.92. The fraction of sp³-hybridized carbons (Fsp3) is 0.532. The van der Waals surface area contributed by atoms with Gasteiger partial charge in [-0.3, -0.25) is 24.0 Å². The van der Waals surface area contributed by atoms with Crippen LogP contribution in [0.15, 0.2) is 47.0 Å². The molecule has 4 bridgehead atoms. The average molecular weight is 1030 g/mol. The van der Waals surface area contributed by atoms with Crippen LogP contribution in [0.4, 0.5) is 25.2 Å². The first kappa shape index (κ1) is 58.0. The standard InChI is InChI=1S/C47H65F2N9O13S/c1-29(53-40(60)12-16-66-18-20-68-21-19-67-17-13-51-46(64)71-47(3,4)5)44(63)58(6)30(2)42(61)55-37(26-39(50)59)43(62)57-72(7,65)28-31-22-33-25-34(23-31)69-14-8-9-15-70-38-24-32(48)10-11-35(38)41-36(49)27-52-45(54-33)56-41/h10-11,22-25,27,29-30,37H,8-9,12-21,26,28H2,1-7H3,(H2,50,59)(H,51,64)(H,53,60)(H,55,61)(H,52,54,56)/t29-,30-,37-,72-/m0/s1. The normalized spacial score (nSPS) is 14.6. The highest BCUT2D eigenvalue weighted by Crippen LogP contribution is 2.33. The van der Waals surface area contributed by atoms with Crippen molar-refractivity contribution in [1.29, 1.82) is 0 Å². The molecule has 4 rings (SSSR count). The summed E-state index contributed by atoms with van der Waals surface area (Å²) in [6.07, 6.45) is 1.84. The average Bonchev–Trinajstić information content (AvgIpc) is 3.29. The lowest BCUT2D eigenvalue weighted by Crippen LogP contribution is -2.55. The number of nitrogens with zero attached hydrogens (tertiary/aromatic N) is 4. The van der Waals surface area contributed by atoms with Crippen LogP contribution in [0.1, 0.15) is 65.9 Å². The van der Waals surface area contributed by atoms with Gasteiger partial charge in [0.1, 0.15) is 46.7 Å². The van der Waals surface area contributed by atoms with Crippen molar-refractivity contribution in [2.24, 2.45) is 10.1 Å². The van der Waals surface area contributed by atoms with Gasteiger partial charge in [0.15, 0.2) is 5.82 Å². The van der Waals surface area contributed by atoms with Gasteiger partial charge in [0.2, 0.25) is 29.6 Å². The van der Waals surface area contributed by atoms with Crippen molar-refractivity contribution in [1.82, 2.24) is 30.8 Å². The molecule has 72 heavy (non-hydrogen) atoms. The number of ether oxygens (including phenoxy) is 6. The highest BCUT2D eigenvalue weighted by Gasteiger charge is 2.31. The van der Waals surface area contributed by atoms with Crippen molar-refractivity contribution in [2.45, 2.75) is 89.8 Å². The van der Waals surface area contributed by atoms with Crippen LogP contribution < -0.4 is 36.5 Å². The number of amides is 6. The minimum absolute atomic E-state index is 0.0346. The van der Waals surface area contributed by atoms with Gasteiger partial charge < -0.3 is 60.3 Å².